The van der Waals surface area contributed by atoms with Gasteiger partial charge in [0.15, 0.2) is 0 Å². The maximum Gasteiger partial charge on any atom is 0.224 e. The Bertz CT molecular complexity index is 893. The summed E-state index contributed by atoms with van der Waals surface area (Å²) in [4.78, 5) is 25.5. The standard InChI is InChI=1S/C24H30N2O4/c1-5-6-7-12-24(28)25-20-17-18(13-14-23(20)30-4)26(2)21(15-16-27)19-10-8-9-11-22(19)29-3/h8-11,13-17H,5-7,12H2,1-4H3,(H,25,28)/b21-15+. The van der Waals surface area contributed by atoms with Crippen molar-refractivity contribution < 1.29 is 19.1 Å². The van der Waals surface area contributed by atoms with Crippen LogP contribution in [-0.4, -0.2) is 33.5 Å². The summed E-state index contributed by atoms with van der Waals surface area (Å²) in [6.07, 6.45) is 5.64. The van der Waals surface area contributed by atoms with Crippen LogP contribution in [0.2, 0.25) is 0 Å². The number of ether oxygens (including phenoxy) is 2. The fourth-order valence-electron chi connectivity index (χ4n) is 3.19. The molecule has 0 fully saturated rings. The van der Waals surface area contributed by atoms with Crippen molar-refractivity contribution in [3.05, 3.63) is 54.1 Å². The molecule has 1 N–H and O–H groups in total. The molecule has 2 aromatic rings. The topological polar surface area (TPSA) is 67.9 Å². The van der Waals surface area contributed by atoms with Crippen LogP contribution in [0, 0.1) is 0 Å². The van der Waals surface area contributed by atoms with E-state index in [1.54, 1.807) is 20.3 Å². The molecule has 2 aromatic carbocycles. The van der Waals surface area contributed by atoms with Gasteiger partial charge < -0.3 is 19.7 Å². The van der Waals surface area contributed by atoms with E-state index in [1.807, 2.05) is 48.3 Å². The van der Waals surface area contributed by atoms with Gasteiger partial charge in [-0.3, -0.25) is 9.59 Å². The highest BCUT2D eigenvalue weighted by Gasteiger charge is 2.16. The highest BCUT2D eigenvalue weighted by Crippen LogP contribution is 2.35. The number of hydrogen-bond acceptors (Lipinski definition) is 5. The van der Waals surface area contributed by atoms with E-state index in [-0.39, 0.29) is 5.91 Å². The van der Waals surface area contributed by atoms with E-state index in [4.69, 9.17) is 9.47 Å². The molecule has 0 spiro atoms. The fourth-order valence-corrected chi connectivity index (χ4v) is 3.19. The predicted molar refractivity (Wildman–Crippen MR) is 121 cm³/mol. The summed E-state index contributed by atoms with van der Waals surface area (Å²) in [5, 5.41) is 2.94. The molecule has 0 saturated heterocycles. The molecule has 0 heterocycles. The Labute approximate surface area is 178 Å². The predicted octanol–water partition coefficient (Wildman–Crippen LogP) is 4.90. The summed E-state index contributed by atoms with van der Waals surface area (Å²) in [5.74, 6) is 1.19. The Kier molecular flexibility index (Phi) is 8.94. The van der Waals surface area contributed by atoms with Crippen LogP contribution in [0.15, 0.2) is 48.5 Å². The zero-order valence-electron chi connectivity index (χ0n) is 18.1. The molecule has 160 valence electrons. The van der Waals surface area contributed by atoms with Gasteiger partial charge in [0.05, 0.1) is 25.6 Å². The minimum Gasteiger partial charge on any atom is -0.496 e. The molecule has 0 aromatic heterocycles. The Morgan fingerprint density at radius 1 is 1.07 bits per heavy atom. The quantitative estimate of drug-likeness (QED) is 0.324. The molecule has 0 aliphatic heterocycles. The SMILES string of the molecule is CCCCCC(=O)Nc1cc(N(C)/C(=C/C=O)c2ccccc2OC)ccc1OC. The van der Waals surface area contributed by atoms with Gasteiger partial charge in [-0.2, -0.15) is 0 Å². The first-order valence-corrected chi connectivity index (χ1v) is 10.1. The molecule has 0 aliphatic rings. The summed E-state index contributed by atoms with van der Waals surface area (Å²) < 4.78 is 10.9. The van der Waals surface area contributed by atoms with Crippen LogP contribution in [0.3, 0.4) is 0 Å². The Morgan fingerprint density at radius 3 is 2.47 bits per heavy atom. The third-order valence-corrected chi connectivity index (χ3v) is 4.82. The first-order chi connectivity index (χ1) is 14.5. The third-order valence-electron chi connectivity index (χ3n) is 4.82. The second-order valence-electron chi connectivity index (χ2n) is 6.84. The van der Waals surface area contributed by atoms with E-state index in [0.717, 1.165) is 36.8 Å². The molecule has 0 unspecified atom stereocenters. The number of rotatable bonds is 11. The van der Waals surface area contributed by atoms with E-state index < -0.39 is 0 Å². The molecule has 0 radical (unpaired) electrons. The average molecular weight is 411 g/mol. The largest absolute Gasteiger partial charge is 0.496 e. The molecule has 6 heteroatoms. The van der Waals surface area contributed by atoms with Crippen molar-refractivity contribution in [2.45, 2.75) is 32.6 Å². The minimum absolute atomic E-state index is 0.0464. The molecule has 0 saturated carbocycles. The van der Waals surface area contributed by atoms with Crippen molar-refractivity contribution in [2.75, 3.05) is 31.5 Å². The Hall–Kier alpha value is -3.28. The summed E-state index contributed by atoms with van der Waals surface area (Å²) in [6, 6.07) is 13.0. The fraction of sp³-hybridized carbons (Fsp3) is 0.333. The summed E-state index contributed by atoms with van der Waals surface area (Å²) in [5.41, 5.74) is 2.84. The van der Waals surface area contributed by atoms with Crippen molar-refractivity contribution >= 4 is 29.3 Å². The first kappa shape index (κ1) is 23.0. The average Bonchev–Trinajstić information content (AvgIpc) is 2.77. The highest BCUT2D eigenvalue weighted by molar-refractivity contribution is 5.94. The van der Waals surface area contributed by atoms with Crippen LogP contribution in [0.5, 0.6) is 11.5 Å². The monoisotopic (exact) mass is 410 g/mol. The minimum atomic E-state index is -0.0464. The lowest BCUT2D eigenvalue weighted by Crippen LogP contribution is -2.17. The summed E-state index contributed by atoms with van der Waals surface area (Å²) in [7, 11) is 5.02. The third kappa shape index (κ3) is 5.86. The number of unbranched alkanes of at least 4 members (excludes halogenated alkanes) is 2. The van der Waals surface area contributed by atoms with E-state index in [9.17, 15) is 9.59 Å². The number of hydrogen-bond donors (Lipinski definition) is 1. The van der Waals surface area contributed by atoms with Gasteiger partial charge in [0.2, 0.25) is 5.91 Å². The highest BCUT2D eigenvalue weighted by atomic mass is 16.5. The molecular formula is C24H30N2O4. The molecular weight excluding hydrogens is 380 g/mol. The molecule has 6 nitrogen and oxygen atoms in total. The first-order valence-electron chi connectivity index (χ1n) is 10.1. The van der Waals surface area contributed by atoms with E-state index in [2.05, 4.69) is 12.2 Å². The van der Waals surface area contributed by atoms with Gasteiger partial charge in [-0.15, -0.1) is 0 Å². The van der Waals surface area contributed by atoms with Gasteiger partial charge in [-0.05, 0) is 36.8 Å². The lowest BCUT2D eigenvalue weighted by molar-refractivity contribution is -0.116. The number of anilines is 2. The van der Waals surface area contributed by atoms with Crippen molar-refractivity contribution in [2.24, 2.45) is 0 Å². The van der Waals surface area contributed by atoms with Gasteiger partial charge in [-0.1, -0.05) is 31.9 Å². The number of aldehydes is 1. The molecule has 0 aliphatic carbocycles. The smallest absolute Gasteiger partial charge is 0.224 e. The Morgan fingerprint density at radius 2 is 1.80 bits per heavy atom. The normalized spacial score (nSPS) is 11.0. The second-order valence-corrected chi connectivity index (χ2v) is 6.84. The van der Waals surface area contributed by atoms with Gasteiger partial charge in [0.25, 0.3) is 0 Å². The van der Waals surface area contributed by atoms with Gasteiger partial charge >= 0.3 is 0 Å². The van der Waals surface area contributed by atoms with Crippen LogP contribution in [-0.2, 0) is 9.59 Å². The van der Waals surface area contributed by atoms with Crippen LogP contribution in [0.25, 0.3) is 5.70 Å². The van der Waals surface area contributed by atoms with Gasteiger partial charge in [0, 0.05) is 30.8 Å². The molecule has 0 atom stereocenters. The molecule has 2 rings (SSSR count). The summed E-state index contributed by atoms with van der Waals surface area (Å²) >= 11 is 0. The molecule has 30 heavy (non-hydrogen) atoms. The lowest BCUT2D eigenvalue weighted by Gasteiger charge is -2.25. The lowest BCUT2D eigenvalue weighted by atomic mass is 10.1. The second kappa shape index (κ2) is 11.7. The van der Waals surface area contributed by atoms with E-state index >= 15 is 0 Å². The van der Waals surface area contributed by atoms with Crippen LogP contribution < -0.4 is 19.7 Å². The molecule has 1 amide bonds. The van der Waals surface area contributed by atoms with Crippen LogP contribution in [0.1, 0.15) is 38.2 Å². The number of nitrogens with one attached hydrogen (secondary N) is 1. The number of allylic oxidation sites excluding steroid dienone is 1. The summed E-state index contributed by atoms with van der Waals surface area (Å²) in [6.45, 7) is 2.10. The number of benzene rings is 2. The Balaban J connectivity index is 2.35. The van der Waals surface area contributed by atoms with Crippen LogP contribution in [0.4, 0.5) is 11.4 Å². The number of carbonyl (C=O) groups excluding carboxylic acids is 2. The maximum absolute atomic E-state index is 12.3. The number of carbonyl (C=O) groups is 2. The number of nitrogens with zero attached hydrogens (tertiary/aromatic N) is 1. The van der Waals surface area contributed by atoms with Gasteiger partial charge in [-0.25, -0.2) is 0 Å². The van der Waals surface area contributed by atoms with Crippen molar-refractivity contribution in [3.8, 4) is 11.5 Å². The number of amides is 1. The van der Waals surface area contributed by atoms with Crippen molar-refractivity contribution in [3.63, 3.8) is 0 Å². The van der Waals surface area contributed by atoms with Crippen molar-refractivity contribution in [1.82, 2.24) is 0 Å². The van der Waals surface area contributed by atoms with Crippen molar-refractivity contribution in [1.29, 1.82) is 0 Å². The van der Waals surface area contributed by atoms with E-state index in [0.29, 0.717) is 29.3 Å². The van der Waals surface area contributed by atoms with Crippen LogP contribution >= 0.6 is 0 Å². The van der Waals surface area contributed by atoms with E-state index in [1.165, 1.54) is 6.08 Å². The maximum atomic E-state index is 12.3. The number of para-hydroxylation sites is 1. The zero-order chi connectivity index (χ0) is 21.9. The zero-order valence-corrected chi connectivity index (χ0v) is 18.1. The number of methoxy groups -OCH3 is 2. The van der Waals surface area contributed by atoms with Gasteiger partial charge in [0.1, 0.15) is 17.8 Å². The molecule has 0 bridgehead atoms.